The van der Waals surface area contributed by atoms with Crippen molar-refractivity contribution in [2.45, 2.75) is 19.9 Å². The highest BCUT2D eigenvalue weighted by atomic mass is 16.1. The van der Waals surface area contributed by atoms with Gasteiger partial charge in [-0.2, -0.15) is 5.10 Å². The number of aromatic nitrogens is 2. The minimum atomic E-state index is -0.339. The van der Waals surface area contributed by atoms with Crippen molar-refractivity contribution >= 4 is 5.91 Å². The van der Waals surface area contributed by atoms with Crippen molar-refractivity contribution in [2.75, 3.05) is 0 Å². The standard InChI is InChI=1S/C8H13N3O/c1-6(2)7(8(9)12)11-5-3-4-10-11/h3-7H,1-2H3,(H2,9,12). The number of carbonyl (C=O) groups excluding carboxylic acids is 1. The van der Waals surface area contributed by atoms with Gasteiger partial charge in [0, 0.05) is 12.4 Å². The van der Waals surface area contributed by atoms with Crippen molar-refractivity contribution in [3.63, 3.8) is 0 Å². The third kappa shape index (κ3) is 1.64. The summed E-state index contributed by atoms with van der Waals surface area (Å²) < 4.78 is 1.59. The van der Waals surface area contributed by atoms with Gasteiger partial charge in [-0.25, -0.2) is 0 Å². The third-order valence-electron chi connectivity index (χ3n) is 1.73. The van der Waals surface area contributed by atoms with E-state index in [1.54, 1.807) is 23.1 Å². The average Bonchev–Trinajstić information content (AvgIpc) is 2.37. The molecule has 0 saturated heterocycles. The molecule has 4 heteroatoms. The molecule has 1 unspecified atom stereocenters. The highest BCUT2D eigenvalue weighted by molar-refractivity contribution is 5.78. The van der Waals surface area contributed by atoms with Gasteiger partial charge in [-0.1, -0.05) is 13.8 Å². The van der Waals surface area contributed by atoms with E-state index in [9.17, 15) is 4.79 Å². The molecule has 66 valence electrons. The van der Waals surface area contributed by atoms with Crippen LogP contribution in [0.2, 0.25) is 0 Å². The molecular formula is C8H13N3O. The van der Waals surface area contributed by atoms with Crippen LogP contribution in [0.15, 0.2) is 18.5 Å². The second-order valence-electron chi connectivity index (χ2n) is 3.08. The summed E-state index contributed by atoms with van der Waals surface area (Å²) in [5.41, 5.74) is 5.23. The van der Waals surface area contributed by atoms with Crippen LogP contribution in [-0.2, 0) is 4.79 Å². The molecule has 0 radical (unpaired) electrons. The molecule has 1 aromatic rings. The molecule has 2 N–H and O–H groups in total. The number of nitrogens with two attached hydrogens (primary N) is 1. The second-order valence-corrected chi connectivity index (χ2v) is 3.08. The summed E-state index contributed by atoms with van der Waals surface area (Å²) in [6, 6.07) is 1.44. The topological polar surface area (TPSA) is 60.9 Å². The summed E-state index contributed by atoms with van der Waals surface area (Å²) >= 11 is 0. The molecule has 4 nitrogen and oxygen atoms in total. The summed E-state index contributed by atoms with van der Waals surface area (Å²) in [4.78, 5) is 11.0. The van der Waals surface area contributed by atoms with E-state index in [-0.39, 0.29) is 17.9 Å². The Balaban J connectivity index is 2.88. The van der Waals surface area contributed by atoms with Crippen LogP contribution in [0.5, 0.6) is 0 Å². The lowest BCUT2D eigenvalue weighted by Crippen LogP contribution is -2.30. The molecule has 0 saturated carbocycles. The Bertz CT molecular complexity index is 253. The largest absolute Gasteiger partial charge is 0.368 e. The first kappa shape index (κ1) is 8.77. The fourth-order valence-corrected chi connectivity index (χ4v) is 1.21. The van der Waals surface area contributed by atoms with E-state index in [2.05, 4.69) is 5.10 Å². The van der Waals surface area contributed by atoms with Crippen LogP contribution in [0.4, 0.5) is 0 Å². The average molecular weight is 167 g/mol. The molecule has 0 bridgehead atoms. The fourth-order valence-electron chi connectivity index (χ4n) is 1.21. The first-order valence-electron chi connectivity index (χ1n) is 3.91. The van der Waals surface area contributed by atoms with Gasteiger partial charge in [0.15, 0.2) is 0 Å². The van der Waals surface area contributed by atoms with Gasteiger partial charge < -0.3 is 5.73 Å². The van der Waals surface area contributed by atoms with Crippen LogP contribution in [0, 0.1) is 5.92 Å². The summed E-state index contributed by atoms with van der Waals surface area (Å²) in [6.07, 6.45) is 3.38. The van der Waals surface area contributed by atoms with Gasteiger partial charge >= 0.3 is 0 Å². The quantitative estimate of drug-likeness (QED) is 0.715. The first-order valence-corrected chi connectivity index (χ1v) is 3.91. The summed E-state index contributed by atoms with van der Waals surface area (Å²) in [6.45, 7) is 3.88. The van der Waals surface area contributed by atoms with E-state index in [1.165, 1.54) is 0 Å². The van der Waals surface area contributed by atoms with Gasteiger partial charge in [0.05, 0.1) is 0 Å². The van der Waals surface area contributed by atoms with Crippen LogP contribution >= 0.6 is 0 Å². The van der Waals surface area contributed by atoms with E-state index in [1.807, 2.05) is 13.8 Å². The number of nitrogens with zero attached hydrogens (tertiary/aromatic N) is 2. The highest BCUT2D eigenvalue weighted by Crippen LogP contribution is 2.15. The van der Waals surface area contributed by atoms with Gasteiger partial charge in [-0.15, -0.1) is 0 Å². The van der Waals surface area contributed by atoms with Crippen molar-refractivity contribution < 1.29 is 4.79 Å². The molecule has 1 atom stereocenters. The predicted molar refractivity (Wildman–Crippen MR) is 45.3 cm³/mol. The molecule has 1 rings (SSSR count). The van der Waals surface area contributed by atoms with Gasteiger partial charge in [-0.05, 0) is 12.0 Å². The number of primary amides is 1. The van der Waals surface area contributed by atoms with Crippen molar-refractivity contribution in [1.82, 2.24) is 9.78 Å². The minimum Gasteiger partial charge on any atom is -0.368 e. The maximum absolute atomic E-state index is 11.0. The molecule has 1 aromatic heterocycles. The van der Waals surface area contributed by atoms with Gasteiger partial charge in [0.25, 0.3) is 0 Å². The van der Waals surface area contributed by atoms with Crippen LogP contribution in [0.3, 0.4) is 0 Å². The third-order valence-corrected chi connectivity index (χ3v) is 1.73. The smallest absolute Gasteiger partial charge is 0.242 e. The summed E-state index contributed by atoms with van der Waals surface area (Å²) in [7, 11) is 0. The second kappa shape index (κ2) is 3.38. The molecule has 12 heavy (non-hydrogen) atoms. The van der Waals surface area contributed by atoms with Crippen molar-refractivity contribution in [3.05, 3.63) is 18.5 Å². The molecule has 0 aliphatic rings. The van der Waals surface area contributed by atoms with Crippen LogP contribution < -0.4 is 5.73 Å². The maximum atomic E-state index is 11.0. The number of carbonyl (C=O) groups is 1. The van der Waals surface area contributed by atoms with E-state index in [0.29, 0.717) is 0 Å². The Hall–Kier alpha value is -1.32. The molecule has 0 spiro atoms. The van der Waals surface area contributed by atoms with E-state index < -0.39 is 0 Å². The normalized spacial score (nSPS) is 13.2. The molecular weight excluding hydrogens is 154 g/mol. The molecule has 0 aromatic carbocycles. The zero-order chi connectivity index (χ0) is 9.14. The molecule has 1 heterocycles. The van der Waals surface area contributed by atoms with Gasteiger partial charge in [0.2, 0.25) is 5.91 Å². The van der Waals surface area contributed by atoms with Gasteiger partial charge in [0.1, 0.15) is 6.04 Å². The number of hydrogen-bond donors (Lipinski definition) is 1. The SMILES string of the molecule is CC(C)C(C(N)=O)n1cccn1. The number of hydrogen-bond acceptors (Lipinski definition) is 2. The summed E-state index contributed by atoms with van der Waals surface area (Å²) in [5.74, 6) is -0.170. The van der Waals surface area contributed by atoms with Crippen LogP contribution in [-0.4, -0.2) is 15.7 Å². The Morgan fingerprint density at radius 3 is 2.58 bits per heavy atom. The molecule has 0 aliphatic carbocycles. The highest BCUT2D eigenvalue weighted by Gasteiger charge is 2.21. The maximum Gasteiger partial charge on any atom is 0.242 e. The van der Waals surface area contributed by atoms with Crippen LogP contribution in [0.25, 0.3) is 0 Å². The minimum absolute atomic E-state index is 0.169. The van der Waals surface area contributed by atoms with Crippen LogP contribution in [0.1, 0.15) is 19.9 Å². The van der Waals surface area contributed by atoms with E-state index >= 15 is 0 Å². The lowest BCUT2D eigenvalue weighted by molar-refractivity contribution is -0.122. The van der Waals surface area contributed by atoms with E-state index in [4.69, 9.17) is 5.73 Å². The predicted octanol–water partition coefficient (Wildman–Crippen LogP) is 0.565. The first-order chi connectivity index (χ1) is 5.63. The Morgan fingerprint density at radius 2 is 2.25 bits per heavy atom. The lowest BCUT2D eigenvalue weighted by atomic mass is 10.0. The Kier molecular flexibility index (Phi) is 2.47. The van der Waals surface area contributed by atoms with Gasteiger partial charge in [-0.3, -0.25) is 9.48 Å². The summed E-state index contributed by atoms with van der Waals surface area (Å²) in [5, 5.41) is 3.97. The lowest BCUT2D eigenvalue weighted by Gasteiger charge is -2.17. The monoisotopic (exact) mass is 167 g/mol. The fraction of sp³-hybridized carbons (Fsp3) is 0.500. The number of amides is 1. The van der Waals surface area contributed by atoms with Crippen molar-refractivity contribution in [3.8, 4) is 0 Å². The molecule has 1 amide bonds. The Morgan fingerprint density at radius 1 is 1.58 bits per heavy atom. The zero-order valence-electron chi connectivity index (χ0n) is 7.27. The van der Waals surface area contributed by atoms with Crippen molar-refractivity contribution in [1.29, 1.82) is 0 Å². The Labute approximate surface area is 71.4 Å². The molecule has 0 aliphatic heterocycles. The molecule has 0 fully saturated rings. The zero-order valence-corrected chi connectivity index (χ0v) is 7.27. The number of rotatable bonds is 3. The van der Waals surface area contributed by atoms with Crippen molar-refractivity contribution in [2.24, 2.45) is 11.7 Å². The van der Waals surface area contributed by atoms with E-state index in [0.717, 1.165) is 0 Å².